The number of rotatable bonds is 2. The zero-order chi connectivity index (χ0) is 17.5. The van der Waals surface area contributed by atoms with E-state index in [9.17, 15) is 0 Å². The summed E-state index contributed by atoms with van der Waals surface area (Å²) in [5.74, 6) is 0.482. The van der Waals surface area contributed by atoms with Crippen molar-refractivity contribution in [2.75, 3.05) is 11.9 Å². The molecule has 0 radical (unpaired) electrons. The van der Waals surface area contributed by atoms with Crippen LogP contribution in [0.2, 0.25) is 10.0 Å². The molecule has 1 aliphatic rings. The number of aliphatic imine (C=N–C) groups is 1. The Hall–Kier alpha value is -1.51. The molecule has 4 heteroatoms. The Kier molecular flexibility index (Phi) is 4.63. The first kappa shape index (κ1) is 17.3. The highest BCUT2D eigenvalue weighted by Gasteiger charge is 2.34. The summed E-state index contributed by atoms with van der Waals surface area (Å²) in [5.41, 5.74) is 4.33. The molecular formula is C20H22Cl2N2. The molecule has 1 atom stereocenters. The fourth-order valence-corrected chi connectivity index (χ4v) is 3.79. The summed E-state index contributed by atoms with van der Waals surface area (Å²) in [6.07, 6.45) is 2.91. The van der Waals surface area contributed by atoms with E-state index in [0.29, 0.717) is 16.0 Å². The van der Waals surface area contributed by atoms with Crippen molar-refractivity contribution in [2.45, 2.75) is 38.6 Å². The lowest BCUT2D eigenvalue weighted by Crippen LogP contribution is -2.45. The second-order valence-corrected chi connectivity index (χ2v) is 7.93. The first-order valence-corrected chi connectivity index (χ1v) is 8.91. The van der Waals surface area contributed by atoms with E-state index in [1.807, 2.05) is 24.3 Å². The molecule has 24 heavy (non-hydrogen) atoms. The summed E-state index contributed by atoms with van der Waals surface area (Å²) in [6.45, 7) is 6.82. The Balaban J connectivity index is 2.01. The minimum absolute atomic E-state index is 0.128. The van der Waals surface area contributed by atoms with Gasteiger partial charge in [-0.05, 0) is 56.0 Å². The predicted molar refractivity (Wildman–Crippen MR) is 106 cm³/mol. The van der Waals surface area contributed by atoms with Crippen LogP contribution in [-0.4, -0.2) is 18.8 Å². The van der Waals surface area contributed by atoms with Gasteiger partial charge in [-0.25, -0.2) is 0 Å². The van der Waals surface area contributed by atoms with Gasteiger partial charge in [0.25, 0.3) is 0 Å². The molecule has 2 nitrogen and oxygen atoms in total. The molecule has 126 valence electrons. The second kappa shape index (κ2) is 6.42. The number of hydrogen-bond donors (Lipinski definition) is 0. The highest BCUT2D eigenvalue weighted by Crippen LogP contribution is 2.44. The van der Waals surface area contributed by atoms with Crippen LogP contribution in [0.3, 0.4) is 0 Å². The maximum atomic E-state index is 6.52. The predicted octanol–water partition coefficient (Wildman–Crippen LogP) is 6.47. The third-order valence-corrected chi connectivity index (χ3v) is 5.59. The highest BCUT2D eigenvalue weighted by molar-refractivity contribution is 6.34. The molecule has 0 aliphatic carbocycles. The summed E-state index contributed by atoms with van der Waals surface area (Å²) in [7, 11) is 2.14. The van der Waals surface area contributed by atoms with Crippen molar-refractivity contribution in [3.63, 3.8) is 0 Å². The molecule has 0 amide bonds. The van der Waals surface area contributed by atoms with E-state index < -0.39 is 0 Å². The van der Waals surface area contributed by atoms with E-state index in [1.54, 1.807) is 6.21 Å². The standard InChI is InChI=1S/C20H22Cl2N2/c1-13-11-20(2,3)24(4)19-10-17(22)14(9-15(13)19)12-23-18-8-6-5-7-16(18)21/h5-10,12-13H,11H2,1-4H3. The van der Waals surface area contributed by atoms with Gasteiger partial charge < -0.3 is 4.90 Å². The fourth-order valence-electron chi connectivity index (χ4n) is 3.40. The topological polar surface area (TPSA) is 15.6 Å². The third-order valence-electron chi connectivity index (χ3n) is 4.95. The van der Waals surface area contributed by atoms with Crippen LogP contribution in [0.5, 0.6) is 0 Å². The van der Waals surface area contributed by atoms with E-state index in [0.717, 1.165) is 17.7 Å². The lowest BCUT2D eigenvalue weighted by atomic mass is 9.80. The Morgan fingerprint density at radius 2 is 1.88 bits per heavy atom. The average molecular weight is 361 g/mol. The van der Waals surface area contributed by atoms with E-state index in [1.165, 1.54) is 11.3 Å². The maximum Gasteiger partial charge on any atom is 0.0816 e. The van der Waals surface area contributed by atoms with E-state index in [4.69, 9.17) is 23.2 Å². The Morgan fingerprint density at radius 1 is 1.17 bits per heavy atom. The van der Waals surface area contributed by atoms with Crippen molar-refractivity contribution in [3.05, 3.63) is 57.6 Å². The normalized spacial score (nSPS) is 19.6. The van der Waals surface area contributed by atoms with Gasteiger partial charge in [-0.15, -0.1) is 0 Å². The molecule has 0 aromatic heterocycles. The number of nitrogens with zero attached hydrogens (tertiary/aromatic N) is 2. The van der Waals surface area contributed by atoms with E-state index in [-0.39, 0.29) is 5.54 Å². The van der Waals surface area contributed by atoms with Crippen molar-refractivity contribution in [3.8, 4) is 0 Å². The summed E-state index contributed by atoms with van der Waals surface area (Å²) in [6, 6.07) is 11.8. The molecule has 0 bridgehead atoms. The van der Waals surface area contributed by atoms with Gasteiger partial charge in [0.05, 0.1) is 15.7 Å². The fraction of sp³-hybridized carbons (Fsp3) is 0.350. The second-order valence-electron chi connectivity index (χ2n) is 7.12. The summed E-state index contributed by atoms with van der Waals surface area (Å²) >= 11 is 12.7. The van der Waals surface area contributed by atoms with E-state index in [2.05, 4.69) is 49.8 Å². The molecule has 2 aromatic carbocycles. The summed E-state index contributed by atoms with van der Waals surface area (Å²) in [5, 5.41) is 1.35. The molecule has 1 unspecified atom stereocenters. The zero-order valence-corrected chi connectivity index (χ0v) is 16.0. The Labute approximate surface area is 154 Å². The number of hydrogen-bond acceptors (Lipinski definition) is 2. The molecule has 0 saturated carbocycles. The molecule has 3 rings (SSSR count). The lowest BCUT2D eigenvalue weighted by molar-refractivity contribution is 0.395. The summed E-state index contributed by atoms with van der Waals surface area (Å²) < 4.78 is 0. The molecular weight excluding hydrogens is 339 g/mol. The monoisotopic (exact) mass is 360 g/mol. The number of para-hydroxylation sites is 1. The number of benzene rings is 2. The van der Waals surface area contributed by atoms with Crippen molar-refractivity contribution < 1.29 is 0 Å². The van der Waals surface area contributed by atoms with Crippen LogP contribution >= 0.6 is 23.2 Å². The van der Waals surface area contributed by atoms with Crippen LogP contribution in [0.4, 0.5) is 11.4 Å². The largest absolute Gasteiger partial charge is 0.369 e. The molecule has 2 aromatic rings. The number of anilines is 1. The maximum absolute atomic E-state index is 6.52. The highest BCUT2D eigenvalue weighted by atomic mass is 35.5. The first-order chi connectivity index (χ1) is 11.3. The van der Waals surface area contributed by atoms with Gasteiger partial charge in [0.1, 0.15) is 0 Å². The van der Waals surface area contributed by atoms with Crippen LogP contribution in [0, 0.1) is 0 Å². The molecule has 1 aliphatic heterocycles. The van der Waals surface area contributed by atoms with Gasteiger partial charge in [-0.2, -0.15) is 0 Å². The van der Waals surface area contributed by atoms with Gasteiger partial charge in [-0.1, -0.05) is 42.3 Å². The van der Waals surface area contributed by atoms with Gasteiger partial charge in [-0.3, -0.25) is 4.99 Å². The van der Waals surface area contributed by atoms with Crippen LogP contribution < -0.4 is 4.90 Å². The third kappa shape index (κ3) is 3.18. The first-order valence-electron chi connectivity index (χ1n) is 8.15. The summed E-state index contributed by atoms with van der Waals surface area (Å²) in [4.78, 5) is 6.83. The van der Waals surface area contributed by atoms with Crippen molar-refractivity contribution in [1.82, 2.24) is 0 Å². The smallest absolute Gasteiger partial charge is 0.0816 e. The lowest BCUT2D eigenvalue weighted by Gasteiger charge is -2.45. The quantitative estimate of drug-likeness (QED) is 0.560. The Morgan fingerprint density at radius 3 is 2.58 bits per heavy atom. The van der Waals surface area contributed by atoms with Crippen molar-refractivity contribution in [1.29, 1.82) is 0 Å². The van der Waals surface area contributed by atoms with Crippen molar-refractivity contribution >= 4 is 40.8 Å². The molecule has 0 N–H and O–H groups in total. The molecule has 1 heterocycles. The van der Waals surface area contributed by atoms with Gasteiger partial charge in [0.15, 0.2) is 0 Å². The molecule has 0 saturated heterocycles. The van der Waals surface area contributed by atoms with E-state index >= 15 is 0 Å². The average Bonchev–Trinajstić information content (AvgIpc) is 2.52. The van der Waals surface area contributed by atoms with Gasteiger partial charge in [0.2, 0.25) is 0 Å². The van der Waals surface area contributed by atoms with Crippen LogP contribution in [-0.2, 0) is 0 Å². The minimum atomic E-state index is 0.128. The SMILES string of the molecule is CC1CC(C)(C)N(C)c2cc(Cl)c(C=Nc3ccccc3Cl)cc21. The Bertz CT molecular complexity index is 796. The van der Waals surface area contributed by atoms with Crippen LogP contribution in [0.25, 0.3) is 0 Å². The molecule has 0 spiro atoms. The van der Waals surface area contributed by atoms with Crippen LogP contribution in [0.1, 0.15) is 44.2 Å². The number of halogens is 2. The molecule has 0 fully saturated rings. The van der Waals surface area contributed by atoms with Crippen molar-refractivity contribution in [2.24, 2.45) is 4.99 Å². The van der Waals surface area contributed by atoms with Gasteiger partial charge >= 0.3 is 0 Å². The van der Waals surface area contributed by atoms with Gasteiger partial charge in [0, 0.05) is 30.1 Å². The number of fused-ring (bicyclic) bond motifs is 1. The van der Waals surface area contributed by atoms with Crippen LogP contribution in [0.15, 0.2) is 41.4 Å². The minimum Gasteiger partial charge on any atom is -0.369 e. The zero-order valence-electron chi connectivity index (χ0n) is 14.5.